The maximum Gasteiger partial charge on any atom is 0.276 e. The van der Waals surface area contributed by atoms with Crippen molar-refractivity contribution in [3.63, 3.8) is 0 Å². The number of aryl methyl sites for hydroxylation is 2. The second kappa shape index (κ2) is 8.51. The summed E-state index contributed by atoms with van der Waals surface area (Å²) < 4.78 is 1.51. The van der Waals surface area contributed by atoms with Crippen molar-refractivity contribution in [3.8, 4) is 16.3 Å². The highest BCUT2D eigenvalue weighted by Crippen LogP contribution is 2.29. The summed E-state index contributed by atoms with van der Waals surface area (Å²) in [4.78, 5) is 31.5. The fourth-order valence-electron chi connectivity index (χ4n) is 2.91. The summed E-state index contributed by atoms with van der Waals surface area (Å²) in [7, 11) is 0. The summed E-state index contributed by atoms with van der Waals surface area (Å²) in [6.45, 7) is 4.01. The summed E-state index contributed by atoms with van der Waals surface area (Å²) in [6.07, 6.45) is 0. The summed E-state index contributed by atoms with van der Waals surface area (Å²) in [6, 6.07) is 12.4. The predicted molar refractivity (Wildman–Crippen MR) is 121 cm³/mol. The molecule has 0 atom stereocenters. The smallest absolute Gasteiger partial charge is 0.276 e. The molecule has 0 fully saturated rings. The second-order valence-corrected chi connectivity index (χ2v) is 9.20. The highest BCUT2D eigenvalue weighted by atomic mass is 35.5. The molecule has 6 nitrogen and oxygen atoms in total. The van der Waals surface area contributed by atoms with E-state index in [1.54, 1.807) is 47.8 Å². The molecule has 4 rings (SSSR count). The molecule has 1 amide bonds. The maximum atomic E-state index is 12.7. The Bertz CT molecular complexity index is 1290. The molecular weight excluding hydrogens is 440 g/mol. The van der Waals surface area contributed by atoms with E-state index in [1.165, 1.54) is 10.7 Å². The average molecular weight is 457 g/mol. The van der Waals surface area contributed by atoms with Crippen LogP contribution in [0.4, 0.5) is 0 Å². The Balaban J connectivity index is 1.54. The quantitative estimate of drug-likeness (QED) is 0.475. The number of hydrogen-bond donors (Lipinski definition) is 1. The number of halogens is 1. The van der Waals surface area contributed by atoms with Gasteiger partial charge in [0.15, 0.2) is 5.69 Å². The van der Waals surface area contributed by atoms with E-state index in [0.717, 1.165) is 20.5 Å². The van der Waals surface area contributed by atoms with Crippen molar-refractivity contribution in [1.29, 1.82) is 0 Å². The number of benzene rings is 1. The van der Waals surface area contributed by atoms with Crippen molar-refractivity contribution in [2.24, 2.45) is 0 Å². The standard InChI is InChI=1S/C21H17ClN4O2S2/c1-12-9-18(27)20(25-26(12)17-6-4-3-5-15(17)22)21(28)23-10-14-7-8-19(30-14)16-11-29-13(2)24-16/h3-9,11H,10H2,1-2H3,(H,23,28). The van der Waals surface area contributed by atoms with Crippen LogP contribution >= 0.6 is 34.3 Å². The SMILES string of the molecule is Cc1nc(-c2ccc(CNC(=O)c3nn(-c4ccccc4Cl)c(C)cc3=O)s2)cs1. The highest BCUT2D eigenvalue weighted by molar-refractivity contribution is 7.16. The number of para-hydroxylation sites is 1. The minimum Gasteiger partial charge on any atom is -0.346 e. The van der Waals surface area contributed by atoms with Crippen LogP contribution in [-0.4, -0.2) is 20.7 Å². The lowest BCUT2D eigenvalue weighted by atomic mass is 10.2. The van der Waals surface area contributed by atoms with Crippen molar-refractivity contribution < 1.29 is 4.79 Å². The summed E-state index contributed by atoms with van der Waals surface area (Å²) in [5, 5.41) is 10.6. The molecule has 3 heterocycles. The van der Waals surface area contributed by atoms with E-state index in [9.17, 15) is 9.59 Å². The van der Waals surface area contributed by atoms with Crippen molar-refractivity contribution >= 4 is 40.2 Å². The molecule has 0 radical (unpaired) electrons. The van der Waals surface area contributed by atoms with E-state index < -0.39 is 11.3 Å². The van der Waals surface area contributed by atoms with E-state index in [1.807, 2.05) is 30.5 Å². The molecular formula is C21H17ClN4O2S2. The number of aromatic nitrogens is 3. The minimum absolute atomic E-state index is 0.174. The number of carbonyl (C=O) groups excluding carboxylic acids is 1. The van der Waals surface area contributed by atoms with E-state index >= 15 is 0 Å². The number of thiazole rings is 1. The maximum absolute atomic E-state index is 12.7. The van der Waals surface area contributed by atoms with Gasteiger partial charge in [-0.05, 0) is 38.1 Å². The third-order valence-electron chi connectivity index (χ3n) is 4.36. The molecule has 0 spiro atoms. The number of carbonyl (C=O) groups is 1. The highest BCUT2D eigenvalue weighted by Gasteiger charge is 2.16. The molecule has 30 heavy (non-hydrogen) atoms. The van der Waals surface area contributed by atoms with Crippen LogP contribution < -0.4 is 10.7 Å². The van der Waals surface area contributed by atoms with Crippen LogP contribution in [0.3, 0.4) is 0 Å². The Morgan fingerprint density at radius 3 is 2.73 bits per heavy atom. The van der Waals surface area contributed by atoms with Gasteiger partial charge in [0.05, 0.1) is 32.8 Å². The molecule has 1 aromatic carbocycles. The zero-order chi connectivity index (χ0) is 21.3. The third-order valence-corrected chi connectivity index (χ3v) is 6.56. The van der Waals surface area contributed by atoms with Crippen LogP contribution in [0, 0.1) is 13.8 Å². The Morgan fingerprint density at radius 1 is 1.20 bits per heavy atom. The number of rotatable bonds is 5. The van der Waals surface area contributed by atoms with Gasteiger partial charge in [-0.2, -0.15) is 5.10 Å². The van der Waals surface area contributed by atoms with Gasteiger partial charge in [-0.15, -0.1) is 22.7 Å². The molecule has 0 aliphatic rings. The van der Waals surface area contributed by atoms with Crippen LogP contribution in [0.2, 0.25) is 5.02 Å². The van der Waals surface area contributed by atoms with Crippen molar-refractivity contribution in [3.05, 3.63) is 84.4 Å². The molecule has 0 bridgehead atoms. The molecule has 9 heteroatoms. The van der Waals surface area contributed by atoms with Crippen LogP contribution in [0.5, 0.6) is 0 Å². The van der Waals surface area contributed by atoms with Gasteiger partial charge in [0.25, 0.3) is 5.91 Å². The molecule has 0 saturated heterocycles. The Hall–Kier alpha value is -2.81. The number of nitrogens with one attached hydrogen (secondary N) is 1. The predicted octanol–water partition coefficient (Wildman–Crippen LogP) is 4.62. The van der Waals surface area contributed by atoms with E-state index in [0.29, 0.717) is 22.9 Å². The lowest BCUT2D eigenvalue weighted by Crippen LogP contribution is -2.31. The van der Waals surface area contributed by atoms with Gasteiger partial charge in [0.2, 0.25) is 5.43 Å². The van der Waals surface area contributed by atoms with Crippen molar-refractivity contribution in [1.82, 2.24) is 20.1 Å². The first-order valence-electron chi connectivity index (χ1n) is 9.07. The topological polar surface area (TPSA) is 76.9 Å². The number of nitrogens with zero attached hydrogens (tertiary/aromatic N) is 3. The Morgan fingerprint density at radius 2 is 2.00 bits per heavy atom. The summed E-state index contributed by atoms with van der Waals surface area (Å²) >= 11 is 9.41. The lowest BCUT2D eigenvalue weighted by molar-refractivity contribution is 0.0943. The van der Waals surface area contributed by atoms with Gasteiger partial charge in [0.1, 0.15) is 0 Å². The molecule has 0 saturated carbocycles. The van der Waals surface area contributed by atoms with Gasteiger partial charge in [0, 0.05) is 22.0 Å². The van der Waals surface area contributed by atoms with Gasteiger partial charge in [-0.25, -0.2) is 9.67 Å². The zero-order valence-electron chi connectivity index (χ0n) is 16.2. The first-order chi connectivity index (χ1) is 14.4. The first kappa shape index (κ1) is 20.5. The third kappa shape index (κ3) is 4.21. The molecule has 152 valence electrons. The average Bonchev–Trinajstić information content (AvgIpc) is 3.36. The van der Waals surface area contributed by atoms with Crippen molar-refractivity contribution in [2.45, 2.75) is 20.4 Å². The lowest BCUT2D eigenvalue weighted by Gasteiger charge is -2.12. The van der Waals surface area contributed by atoms with Gasteiger partial charge >= 0.3 is 0 Å². The van der Waals surface area contributed by atoms with E-state index in [-0.39, 0.29) is 5.69 Å². The molecule has 4 aromatic rings. The van der Waals surface area contributed by atoms with E-state index in [2.05, 4.69) is 15.4 Å². The van der Waals surface area contributed by atoms with Gasteiger partial charge < -0.3 is 5.32 Å². The summed E-state index contributed by atoms with van der Waals surface area (Å²) in [5.41, 5.74) is 1.52. The largest absolute Gasteiger partial charge is 0.346 e. The molecule has 0 unspecified atom stereocenters. The molecule has 0 aliphatic heterocycles. The molecule has 0 aliphatic carbocycles. The first-order valence-corrected chi connectivity index (χ1v) is 11.1. The molecule has 3 aromatic heterocycles. The zero-order valence-corrected chi connectivity index (χ0v) is 18.6. The summed E-state index contributed by atoms with van der Waals surface area (Å²) in [5.74, 6) is -0.528. The van der Waals surface area contributed by atoms with E-state index in [4.69, 9.17) is 11.6 Å². The Labute approximate surface area is 185 Å². The normalized spacial score (nSPS) is 10.9. The van der Waals surface area contributed by atoms with Crippen LogP contribution in [0.15, 0.2) is 52.6 Å². The minimum atomic E-state index is -0.528. The fraction of sp³-hybridized carbons (Fsp3) is 0.143. The number of thiophene rings is 1. The van der Waals surface area contributed by atoms with Crippen LogP contribution in [-0.2, 0) is 6.54 Å². The fourth-order valence-corrected chi connectivity index (χ4v) is 4.72. The van der Waals surface area contributed by atoms with Crippen LogP contribution in [0.25, 0.3) is 16.3 Å². The second-order valence-electron chi connectivity index (χ2n) is 6.56. The van der Waals surface area contributed by atoms with Crippen LogP contribution in [0.1, 0.15) is 26.1 Å². The molecule has 1 N–H and O–H groups in total. The van der Waals surface area contributed by atoms with Gasteiger partial charge in [-0.1, -0.05) is 23.7 Å². The van der Waals surface area contributed by atoms with Gasteiger partial charge in [-0.3, -0.25) is 9.59 Å². The number of hydrogen-bond acceptors (Lipinski definition) is 6. The Kier molecular flexibility index (Phi) is 5.80. The monoisotopic (exact) mass is 456 g/mol. The van der Waals surface area contributed by atoms with Crippen molar-refractivity contribution in [2.75, 3.05) is 0 Å². The number of amides is 1.